The molecule has 0 atom stereocenters. The van der Waals surface area contributed by atoms with Crippen LogP contribution in [0.3, 0.4) is 0 Å². The van der Waals surface area contributed by atoms with Gasteiger partial charge in [-0.25, -0.2) is 23.7 Å². The van der Waals surface area contributed by atoms with Crippen molar-refractivity contribution in [1.29, 1.82) is 0 Å². The number of aromatic nitrogens is 4. The maximum Gasteiger partial charge on any atom is 0.152 e. The number of nitrogens with zero attached hydrogens (tertiary/aromatic N) is 4. The molecule has 2 aromatic heterocycles. The van der Waals surface area contributed by atoms with Crippen LogP contribution in [0, 0.1) is 25.5 Å². The molecule has 2 heterocycles. The van der Waals surface area contributed by atoms with Gasteiger partial charge >= 0.3 is 0 Å². The molecule has 26 heavy (non-hydrogen) atoms. The standard InChI is InChI=1S/C19H13ClF2N4/c1-10-3-4-13(14(20)5-10)17-11(2)23-8-24-19(17)26-9-25-16-7-12(21)6-15(22)18(16)26/h3-9H,1-2H3. The molecule has 0 spiro atoms. The van der Waals surface area contributed by atoms with Gasteiger partial charge in [-0.05, 0) is 25.5 Å². The number of hydrogen-bond acceptors (Lipinski definition) is 3. The number of fused-ring (bicyclic) bond motifs is 1. The highest BCUT2D eigenvalue weighted by molar-refractivity contribution is 6.33. The van der Waals surface area contributed by atoms with Gasteiger partial charge in [-0.2, -0.15) is 0 Å². The summed E-state index contributed by atoms with van der Waals surface area (Å²) >= 11 is 6.44. The maximum atomic E-state index is 14.4. The molecule has 0 aliphatic heterocycles. The fourth-order valence-corrected chi connectivity index (χ4v) is 3.34. The molecule has 0 fully saturated rings. The highest BCUT2D eigenvalue weighted by atomic mass is 35.5. The minimum atomic E-state index is -0.713. The van der Waals surface area contributed by atoms with Gasteiger partial charge in [0.05, 0.1) is 11.2 Å². The molecule has 4 rings (SSSR count). The number of aryl methyl sites for hydroxylation is 2. The molecule has 7 heteroatoms. The molecule has 0 unspecified atom stereocenters. The molecular formula is C19H13ClF2N4. The summed E-state index contributed by atoms with van der Waals surface area (Å²) in [6, 6.07) is 7.66. The minimum Gasteiger partial charge on any atom is -0.279 e. The molecular weight excluding hydrogens is 358 g/mol. The highest BCUT2D eigenvalue weighted by Crippen LogP contribution is 2.35. The van der Waals surface area contributed by atoms with Crippen molar-refractivity contribution in [1.82, 2.24) is 19.5 Å². The van der Waals surface area contributed by atoms with Gasteiger partial charge in [0.15, 0.2) is 5.82 Å². The van der Waals surface area contributed by atoms with E-state index in [1.807, 2.05) is 32.0 Å². The van der Waals surface area contributed by atoms with Crippen LogP contribution in [0.5, 0.6) is 0 Å². The molecule has 0 saturated carbocycles. The number of halogens is 3. The van der Waals surface area contributed by atoms with Crippen molar-refractivity contribution in [3.63, 3.8) is 0 Å². The second-order valence-corrected chi connectivity index (χ2v) is 6.42. The van der Waals surface area contributed by atoms with Gasteiger partial charge < -0.3 is 0 Å². The summed E-state index contributed by atoms with van der Waals surface area (Å²) in [7, 11) is 0. The SMILES string of the molecule is Cc1ccc(-c2c(C)ncnc2-n2cnc3cc(F)cc(F)c32)c(Cl)c1. The Morgan fingerprint density at radius 1 is 1.00 bits per heavy atom. The molecule has 0 aliphatic rings. The van der Waals surface area contributed by atoms with Gasteiger partial charge in [-0.1, -0.05) is 23.7 Å². The molecule has 4 nitrogen and oxygen atoms in total. The van der Waals surface area contributed by atoms with E-state index in [0.29, 0.717) is 22.1 Å². The first-order valence-corrected chi connectivity index (χ1v) is 8.24. The second-order valence-electron chi connectivity index (χ2n) is 6.01. The number of imidazole rings is 1. The Kier molecular flexibility index (Phi) is 3.92. The van der Waals surface area contributed by atoms with Gasteiger partial charge in [0.25, 0.3) is 0 Å². The molecule has 0 saturated heterocycles. The van der Waals surface area contributed by atoms with Crippen molar-refractivity contribution in [2.24, 2.45) is 0 Å². The summed E-state index contributed by atoms with van der Waals surface area (Å²) in [6.45, 7) is 3.77. The zero-order chi connectivity index (χ0) is 18.4. The van der Waals surface area contributed by atoms with Crippen LogP contribution in [0.2, 0.25) is 5.02 Å². The zero-order valence-electron chi connectivity index (χ0n) is 14.0. The summed E-state index contributed by atoms with van der Waals surface area (Å²) in [6.07, 6.45) is 2.81. The number of benzene rings is 2. The lowest BCUT2D eigenvalue weighted by Crippen LogP contribution is -2.04. The Labute approximate surface area is 153 Å². The monoisotopic (exact) mass is 370 g/mol. The van der Waals surface area contributed by atoms with Crippen molar-refractivity contribution < 1.29 is 8.78 Å². The first kappa shape index (κ1) is 16.6. The second kappa shape index (κ2) is 6.14. The Morgan fingerprint density at radius 3 is 2.58 bits per heavy atom. The van der Waals surface area contributed by atoms with Crippen LogP contribution in [-0.2, 0) is 0 Å². The average molecular weight is 371 g/mol. The topological polar surface area (TPSA) is 43.6 Å². The predicted octanol–water partition coefficient (Wildman–Crippen LogP) is 5.03. The lowest BCUT2D eigenvalue weighted by Gasteiger charge is -2.14. The summed E-state index contributed by atoms with van der Waals surface area (Å²) in [5.74, 6) is -0.966. The van der Waals surface area contributed by atoms with Crippen LogP contribution < -0.4 is 0 Å². The van der Waals surface area contributed by atoms with Crippen LogP contribution in [-0.4, -0.2) is 19.5 Å². The van der Waals surface area contributed by atoms with Crippen LogP contribution in [0.25, 0.3) is 28.0 Å². The van der Waals surface area contributed by atoms with E-state index in [1.54, 1.807) is 0 Å². The van der Waals surface area contributed by atoms with E-state index in [2.05, 4.69) is 15.0 Å². The third-order valence-electron chi connectivity index (χ3n) is 4.20. The summed E-state index contributed by atoms with van der Waals surface area (Å²) in [5, 5.41) is 0.542. The first-order valence-electron chi connectivity index (χ1n) is 7.86. The van der Waals surface area contributed by atoms with E-state index in [4.69, 9.17) is 11.6 Å². The summed E-state index contributed by atoms with van der Waals surface area (Å²) < 4.78 is 29.4. The van der Waals surface area contributed by atoms with Crippen molar-refractivity contribution in [3.8, 4) is 16.9 Å². The van der Waals surface area contributed by atoms with Crippen LogP contribution in [0.4, 0.5) is 8.78 Å². The molecule has 0 aliphatic carbocycles. The van der Waals surface area contributed by atoms with Gasteiger partial charge in [-0.15, -0.1) is 0 Å². The smallest absolute Gasteiger partial charge is 0.152 e. The molecule has 2 aromatic carbocycles. The van der Waals surface area contributed by atoms with E-state index in [0.717, 1.165) is 17.2 Å². The van der Waals surface area contributed by atoms with E-state index < -0.39 is 11.6 Å². The van der Waals surface area contributed by atoms with Crippen molar-refractivity contribution in [3.05, 3.63) is 70.9 Å². The van der Waals surface area contributed by atoms with Crippen LogP contribution >= 0.6 is 11.6 Å². The van der Waals surface area contributed by atoms with E-state index in [9.17, 15) is 8.78 Å². The quantitative estimate of drug-likeness (QED) is 0.497. The van der Waals surface area contributed by atoms with E-state index >= 15 is 0 Å². The molecule has 130 valence electrons. The number of hydrogen-bond donors (Lipinski definition) is 0. The van der Waals surface area contributed by atoms with Crippen LogP contribution in [0.15, 0.2) is 43.0 Å². The fourth-order valence-electron chi connectivity index (χ4n) is 3.01. The zero-order valence-corrected chi connectivity index (χ0v) is 14.7. The van der Waals surface area contributed by atoms with Gasteiger partial charge in [0, 0.05) is 28.3 Å². The summed E-state index contributed by atoms with van der Waals surface area (Å²) in [4.78, 5) is 12.7. The van der Waals surface area contributed by atoms with E-state index in [1.165, 1.54) is 23.3 Å². The Bertz CT molecular complexity index is 1150. The molecule has 0 amide bonds. The third kappa shape index (κ3) is 2.63. The molecule has 0 bridgehead atoms. The van der Waals surface area contributed by atoms with Crippen molar-refractivity contribution in [2.45, 2.75) is 13.8 Å². The van der Waals surface area contributed by atoms with Gasteiger partial charge in [-0.3, -0.25) is 4.57 Å². The van der Waals surface area contributed by atoms with Crippen LogP contribution in [0.1, 0.15) is 11.3 Å². The molecule has 0 radical (unpaired) electrons. The van der Waals surface area contributed by atoms with Crippen molar-refractivity contribution >= 4 is 22.6 Å². The molecule has 4 aromatic rings. The Balaban J connectivity index is 2.04. The third-order valence-corrected chi connectivity index (χ3v) is 4.51. The lowest BCUT2D eigenvalue weighted by atomic mass is 10.0. The maximum absolute atomic E-state index is 14.4. The number of rotatable bonds is 2. The van der Waals surface area contributed by atoms with Gasteiger partial charge in [0.2, 0.25) is 0 Å². The average Bonchev–Trinajstić information content (AvgIpc) is 2.99. The summed E-state index contributed by atoms with van der Waals surface area (Å²) in [5.41, 5.74) is 3.46. The Morgan fingerprint density at radius 2 is 1.81 bits per heavy atom. The normalized spacial score (nSPS) is 11.3. The van der Waals surface area contributed by atoms with Gasteiger partial charge in [0.1, 0.15) is 29.8 Å². The predicted molar refractivity (Wildman–Crippen MR) is 96.5 cm³/mol. The largest absolute Gasteiger partial charge is 0.279 e. The molecule has 0 N–H and O–H groups in total. The minimum absolute atomic E-state index is 0.147. The lowest BCUT2D eigenvalue weighted by molar-refractivity contribution is 0.589. The first-order chi connectivity index (χ1) is 12.5. The van der Waals surface area contributed by atoms with E-state index in [-0.39, 0.29) is 11.0 Å². The van der Waals surface area contributed by atoms with Crippen molar-refractivity contribution in [2.75, 3.05) is 0 Å². The highest BCUT2D eigenvalue weighted by Gasteiger charge is 2.19. The fraction of sp³-hybridized carbons (Fsp3) is 0.105. The Hall–Kier alpha value is -2.86.